The second-order valence-electron chi connectivity index (χ2n) is 7.48. The van der Waals surface area contributed by atoms with Crippen LogP contribution in [0.2, 0.25) is 0 Å². The Bertz CT molecular complexity index is 1340. The van der Waals surface area contributed by atoms with Crippen LogP contribution in [0.15, 0.2) is 32.7 Å². The highest BCUT2D eigenvalue weighted by molar-refractivity contribution is 7.99. The second kappa shape index (κ2) is 7.31. The van der Waals surface area contributed by atoms with Crippen molar-refractivity contribution >= 4 is 33.3 Å². The molecule has 0 N–H and O–H groups in total. The molecule has 1 aliphatic rings. The second-order valence-corrected chi connectivity index (χ2v) is 9.87. The summed E-state index contributed by atoms with van der Waals surface area (Å²) in [7, 11) is 1.75. The number of fused-ring (bicyclic) bond motifs is 3. The molecule has 4 aromatic rings. The van der Waals surface area contributed by atoms with E-state index in [-0.39, 0.29) is 16.6 Å². The van der Waals surface area contributed by atoms with Crippen LogP contribution < -0.4 is 5.56 Å². The van der Waals surface area contributed by atoms with Crippen LogP contribution in [0.4, 0.5) is 4.39 Å². The monoisotopic (exact) mass is 442 g/mol. The summed E-state index contributed by atoms with van der Waals surface area (Å²) in [6, 6.07) is 4.85. The molecule has 0 bridgehead atoms. The summed E-state index contributed by atoms with van der Waals surface area (Å²) in [6.07, 6.45) is 3.10. The van der Waals surface area contributed by atoms with Crippen LogP contribution in [0.5, 0.6) is 0 Å². The largest absolute Gasteiger partial charge is 0.338 e. The maximum atomic E-state index is 13.9. The van der Waals surface area contributed by atoms with Crippen LogP contribution in [0.25, 0.3) is 21.6 Å². The maximum Gasteiger partial charge on any atom is 0.262 e. The van der Waals surface area contributed by atoms with E-state index < -0.39 is 0 Å². The van der Waals surface area contributed by atoms with E-state index in [9.17, 15) is 9.18 Å². The first-order valence-corrected chi connectivity index (χ1v) is 11.4. The molecular weight excluding hydrogens is 423 g/mol. The van der Waals surface area contributed by atoms with Gasteiger partial charge in [-0.25, -0.2) is 9.37 Å². The average molecular weight is 443 g/mol. The van der Waals surface area contributed by atoms with Gasteiger partial charge in [-0.2, -0.15) is 4.98 Å². The summed E-state index contributed by atoms with van der Waals surface area (Å²) < 4.78 is 20.9. The van der Waals surface area contributed by atoms with E-state index in [1.165, 1.54) is 28.3 Å². The van der Waals surface area contributed by atoms with E-state index in [0.717, 1.165) is 29.5 Å². The molecule has 1 atom stereocenters. The standard InChI is InChI=1S/C21H19FN4O2S2/c1-10-7-8-12(9-14(10)22)17-23-18(28-25-17)11(2)29-21-24-19-16(20(27)26(21)3)13-5-4-6-15(13)30-19/h7-9,11H,4-6H2,1-3H3. The van der Waals surface area contributed by atoms with Crippen LogP contribution in [0.1, 0.15) is 40.5 Å². The van der Waals surface area contributed by atoms with Crippen molar-refractivity contribution in [2.24, 2.45) is 7.05 Å². The first-order chi connectivity index (χ1) is 14.4. The molecule has 0 amide bonds. The smallest absolute Gasteiger partial charge is 0.262 e. The summed E-state index contributed by atoms with van der Waals surface area (Å²) in [5, 5.41) is 5.16. The molecule has 0 saturated carbocycles. The van der Waals surface area contributed by atoms with Gasteiger partial charge in [-0.15, -0.1) is 11.3 Å². The Labute approximate surface area is 180 Å². The number of hydrogen-bond donors (Lipinski definition) is 0. The zero-order chi connectivity index (χ0) is 21.0. The van der Waals surface area contributed by atoms with Crippen molar-refractivity contribution < 1.29 is 8.91 Å². The van der Waals surface area contributed by atoms with Crippen LogP contribution in [-0.2, 0) is 19.9 Å². The van der Waals surface area contributed by atoms with E-state index in [2.05, 4.69) is 10.1 Å². The molecule has 0 radical (unpaired) electrons. The molecular formula is C21H19FN4O2S2. The minimum absolute atomic E-state index is 0.00421. The fraction of sp³-hybridized carbons (Fsp3) is 0.333. The Kier molecular flexibility index (Phi) is 4.74. The van der Waals surface area contributed by atoms with Gasteiger partial charge in [-0.1, -0.05) is 29.1 Å². The molecule has 0 saturated heterocycles. The highest BCUT2D eigenvalue weighted by Gasteiger charge is 2.24. The van der Waals surface area contributed by atoms with Gasteiger partial charge in [0.2, 0.25) is 11.7 Å². The summed E-state index contributed by atoms with van der Waals surface area (Å²) in [6.45, 7) is 3.62. The van der Waals surface area contributed by atoms with Crippen LogP contribution in [0.3, 0.4) is 0 Å². The molecule has 9 heteroatoms. The Hall–Kier alpha value is -2.52. The van der Waals surface area contributed by atoms with Crippen molar-refractivity contribution in [1.82, 2.24) is 19.7 Å². The Morgan fingerprint density at radius 1 is 1.30 bits per heavy atom. The third kappa shape index (κ3) is 3.16. The Morgan fingerprint density at radius 3 is 2.93 bits per heavy atom. The number of aromatic nitrogens is 4. The molecule has 30 heavy (non-hydrogen) atoms. The summed E-state index contributed by atoms with van der Waals surface area (Å²) in [5.74, 6) is 0.430. The van der Waals surface area contributed by atoms with Crippen LogP contribution >= 0.6 is 23.1 Å². The summed E-state index contributed by atoms with van der Waals surface area (Å²) >= 11 is 3.02. The van der Waals surface area contributed by atoms with Crippen molar-refractivity contribution in [3.63, 3.8) is 0 Å². The van der Waals surface area contributed by atoms with Crippen LogP contribution in [0, 0.1) is 12.7 Å². The average Bonchev–Trinajstić information content (AvgIpc) is 3.43. The topological polar surface area (TPSA) is 73.8 Å². The van der Waals surface area contributed by atoms with Crippen molar-refractivity contribution in [3.8, 4) is 11.4 Å². The lowest BCUT2D eigenvalue weighted by Gasteiger charge is -2.10. The van der Waals surface area contributed by atoms with Crippen molar-refractivity contribution in [2.75, 3.05) is 0 Å². The fourth-order valence-electron chi connectivity index (χ4n) is 3.67. The maximum absolute atomic E-state index is 13.9. The van der Waals surface area contributed by atoms with Gasteiger partial charge in [-0.05, 0) is 50.3 Å². The van der Waals surface area contributed by atoms with E-state index in [4.69, 9.17) is 9.51 Å². The molecule has 0 fully saturated rings. The number of halogens is 1. The first-order valence-electron chi connectivity index (χ1n) is 9.70. The molecule has 0 aliphatic heterocycles. The van der Waals surface area contributed by atoms with E-state index in [0.29, 0.717) is 28.0 Å². The number of aryl methyl sites for hydroxylation is 3. The minimum Gasteiger partial charge on any atom is -0.338 e. The number of rotatable bonds is 4. The molecule has 1 aliphatic carbocycles. The summed E-state index contributed by atoms with van der Waals surface area (Å²) in [5.41, 5.74) is 2.30. The predicted octanol–water partition coefficient (Wildman–Crippen LogP) is 4.83. The lowest BCUT2D eigenvalue weighted by molar-refractivity contribution is 0.380. The number of thioether (sulfide) groups is 1. The normalized spacial score (nSPS) is 14.4. The van der Waals surface area contributed by atoms with Gasteiger partial charge >= 0.3 is 0 Å². The van der Waals surface area contributed by atoms with E-state index in [1.807, 2.05) is 6.92 Å². The Morgan fingerprint density at radius 2 is 2.13 bits per heavy atom. The predicted molar refractivity (Wildman–Crippen MR) is 116 cm³/mol. The molecule has 6 nitrogen and oxygen atoms in total. The quantitative estimate of drug-likeness (QED) is 0.333. The third-order valence-electron chi connectivity index (χ3n) is 5.41. The van der Waals surface area contributed by atoms with Crippen molar-refractivity contribution in [3.05, 3.63) is 56.3 Å². The third-order valence-corrected chi connectivity index (χ3v) is 7.72. The number of thiophene rings is 1. The zero-order valence-corrected chi connectivity index (χ0v) is 18.4. The van der Waals surface area contributed by atoms with Gasteiger partial charge in [0.1, 0.15) is 10.6 Å². The van der Waals surface area contributed by atoms with Gasteiger partial charge in [0.15, 0.2) is 5.16 Å². The first kappa shape index (κ1) is 19.4. The van der Waals surface area contributed by atoms with Gasteiger partial charge in [-0.3, -0.25) is 9.36 Å². The van der Waals surface area contributed by atoms with Crippen LogP contribution in [-0.4, -0.2) is 19.7 Å². The zero-order valence-electron chi connectivity index (χ0n) is 16.7. The molecule has 1 aromatic carbocycles. The molecule has 154 valence electrons. The van der Waals surface area contributed by atoms with E-state index in [1.54, 1.807) is 42.0 Å². The van der Waals surface area contributed by atoms with Crippen molar-refractivity contribution in [2.45, 2.75) is 43.5 Å². The van der Waals surface area contributed by atoms with Gasteiger partial charge in [0, 0.05) is 17.5 Å². The molecule has 3 aromatic heterocycles. The lowest BCUT2D eigenvalue weighted by Crippen LogP contribution is -2.20. The van der Waals surface area contributed by atoms with Gasteiger partial charge in [0.25, 0.3) is 5.56 Å². The molecule has 3 heterocycles. The van der Waals surface area contributed by atoms with Crippen molar-refractivity contribution in [1.29, 1.82) is 0 Å². The lowest BCUT2D eigenvalue weighted by atomic mass is 10.1. The SMILES string of the molecule is Cc1ccc(-c2noc(C(C)Sc3nc4sc5c(c4c(=O)n3C)CCC5)n2)cc1F. The Balaban J connectivity index is 1.44. The number of hydrogen-bond acceptors (Lipinski definition) is 7. The number of nitrogens with zero attached hydrogens (tertiary/aromatic N) is 4. The fourth-order valence-corrected chi connectivity index (χ4v) is 5.88. The van der Waals surface area contributed by atoms with Gasteiger partial charge < -0.3 is 4.52 Å². The minimum atomic E-state index is -0.309. The molecule has 5 rings (SSSR count). The van der Waals surface area contributed by atoms with Gasteiger partial charge in [0.05, 0.1) is 10.6 Å². The molecule has 1 unspecified atom stereocenters. The number of benzene rings is 1. The highest BCUT2D eigenvalue weighted by Crippen LogP contribution is 2.38. The highest BCUT2D eigenvalue weighted by atomic mass is 32.2. The van der Waals surface area contributed by atoms with E-state index >= 15 is 0 Å². The molecule has 0 spiro atoms. The summed E-state index contributed by atoms with van der Waals surface area (Å²) in [4.78, 5) is 24.2.